The fraction of sp³-hybridized carbons (Fsp3) is 0.846. The number of rotatable bonds is 4. The monoisotopic (exact) mass is 184 g/mol. The van der Waals surface area contributed by atoms with Crippen molar-refractivity contribution in [1.82, 2.24) is 0 Å². The van der Waals surface area contributed by atoms with E-state index in [0.29, 0.717) is 0 Å². The Morgan fingerprint density at radius 1 is 1.00 bits per heavy atom. The first-order chi connectivity index (χ1) is 6.17. The zero-order valence-corrected chi connectivity index (χ0v) is 10.4. The third-order valence-electron chi connectivity index (χ3n) is 2.29. The Morgan fingerprint density at radius 3 is 1.69 bits per heavy atom. The van der Waals surface area contributed by atoms with Crippen LogP contribution in [0.5, 0.6) is 0 Å². The topological polar surface area (TPSA) is 0 Å². The van der Waals surface area contributed by atoms with Gasteiger partial charge in [0, 0.05) is 0 Å². The molecule has 0 heteroatoms. The minimum Gasteiger partial charge on any atom is -0.0914 e. The number of hydrogen-bond acceptors (Lipinski definition) is 0. The normalized spacial score (nSPS) is 14.9. The summed E-state index contributed by atoms with van der Waals surface area (Å²) in [4.78, 5) is 0. The van der Waals surface area contributed by atoms with Gasteiger partial charge >= 0.3 is 0 Å². The molecule has 0 fully saturated rings. The lowest BCUT2D eigenvalue weighted by Gasteiger charge is -2.16. The van der Waals surface area contributed by atoms with Crippen molar-refractivity contribution in [2.24, 2.45) is 11.8 Å². The van der Waals surface area contributed by atoms with E-state index in [1.807, 2.05) is 0 Å². The van der Waals surface area contributed by atoms with Crippen LogP contribution in [-0.2, 0) is 0 Å². The molecule has 0 aliphatic carbocycles. The van der Waals surface area contributed by atoms with Gasteiger partial charge in [-0.25, -0.2) is 0 Å². The molecule has 0 aliphatic heterocycles. The summed E-state index contributed by atoms with van der Waals surface area (Å²) in [5.74, 6) is 1.65. The van der Waals surface area contributed by atoms with Crippen molar-refractivity contribution in [3.63, 3.8) is 0 Å². The predicted octanol–water partition coefficient (Wildman–Crippen LogP) is 5.05. The highest BCUT2D eigenvalue weighted by Crippen LogP contribution is 2.19. The summed E-state index contributed by atoms with van der Waals surface area (Å²) >= 11 is 0. The van der Waals surface area contributed by atoms with Crippen molar-refractivity contribution < 1.29 is 0 Å². The largest absolute Gasteiger partial charge is 0.0914 e. The summed E-state index contributed by atoms with van der Waals surface area (Å²) in [6.07, 6.45) is 8.32. The first kappa shape index (κ1) is 15.2. The standard InChI is InChI=1S/C10H20.C3H8/c1-5-8-10(7-3)9(4)6-2;1-3-2/h5,8-10H,6-7H2,1-4H3;3H2,1-2H3/b8-5-;. The molecule has 2 atom stereocenters. The molecule has 0 bridgehead atoms. The average molecular weight is 184 g/mol. The molecule has 0 saturated heterocycles. The number of hydrogen-bond donors (Lipinski definition) is 0. The summed E-state index contributed by atoms with van der Waals surface area (Å²) in [5, 5.41) is 0. The molecule has 0 aliphatic rings. The smallest absolute Gasteiger partial charge is 0.0211 e. The highest BCUT2D eigenvalue weighted by atomic mass is 14.1. The van der Waals surface area contributed by atoms with Gasteiger partial charge in [0.15, 0.2) is 0 Å². The lowest BCUT2D eigenvalue weighted by molar-refractivity contribution is 0.406. The van der Waals surface area contributed by atoms with Crippen molar-refractivity contribution in [3.8, 4) is 0 Å². The summed E-state index contributed by atoms with van der Waals surface area (Å²) in [5.41, 5.74) is 0. The summed E-state index contributed by atoms with van der Waals surface area (Å²) < 4.78 is 0. The van der Waals surface area contributed by atoms with E-state index >= 15 is 0 Å². The van der Waals surface area contributed by atoms with Crippen LogP contribution in [0.3, 0.4) is 0 Å². The SMILES string of the molecule is C/C=C\C(CC)C(C)CC.CCC. The van der Waals surface area contributed by atoms with E-state index in [4.69, 9.17) is 0 Å². The Bertz CT molecular complexity index is 103. The van der Waals surface area contributed by atoms with E-state index in [2.05, 4.69) is 53.7 Å². The minimum absolute atomic E-state index is 0.801. The maximum Gasteiger partial charge on any atom is -0.0211 e. The minimum atomic E-state index is 0.801. The van der Waals surface area contributed by atoms with E-state index in [-0.39, 0.29) is 0 Å². The zero-order valence-electron chi connectivity index (χ0n) is 10.4. The first-order valence-corrected chi connectivity index (χ1v) is 5.80. The molecule has 0 spiro atoms. The molecular formula is C13H28. The van der Waals surface area contributed by atoms with Crippen LogP contribution in [-0.4, -0.2) is 0 Å². The van der Waals surface area contributed by atoms with E-state index < -0.39 is 0 Å². The van der Waals surface area contributed by atoms with Crippen LogP contribution in [0.4, 0.5) is 0 Å². The third-order valence-corrected chi connectivity index (χ3v) is 2.29. The van der Waals surface area contributed by atoms with Crippen LogP contribution in [0.25, 0.3) is 0 Å². The van der Waals surface area contributed by atoms with E-state index in [9.17, 15) is 0 Å². The molecule has 0 heterocycles. The average Bonchev–Trinajstić information content (AvgIpc) is 2.14. The van der Waals surface area contributed by atoms with E-state index in [1.165, 1.54) is 19.3 Å². The van der Waals surface area contributed by atoms with Gasteiger partial charge in [-0.15, -0.1) is 0 Å². The highest BCUT2D eigenvalue weighted by molar-refractivity contribution is 4.87. The third kappa shape index (κ3) is 9.66. The Kier molecular flexibility index (Phi) is 13.7. The summed E-state index contributed by atoms with van der Waals surface area (Å²) in [6.45, 7) is 13.2. The molecule has 13 heavy (non-hydrogen) atoms. The van der Waals surface area contributed by atoms with Gasteiger partial charge in [0.25, 0.3) is 0 Å². The number of allylic oxidation sites excluding steroid dienone is 2. The summed E-state index contributed by atoms with van der Waals surface area (Å²) in [7, 11) is 0. The molecule has 0 aromatic carbocycles. The van der Waals surface area contributed by atoms with Crippen LogP contribution in [0.15, 0.2) is 12.2 Å². The molecule has 0 rings (SSSR count). The second kappa shape index (κ2) is 11.7. The first-order valence-electron chi connectivity index (χ1n) is 5.80. The quantitative estimate of drug-likeness (QED) is 0.536. The van der Waals surface area contributed by atoms with Crippen molar-refractivity contribution in [2.45, 2.75) is 60.8 Å². The Morgan fingerprint density at radius 2 is 1.46 bits per heavy atom. The van der Waals surface area contributed by atoms with Crippen LogP contribution < -0.4 is 0 Å². The summed E-state index contributed by atoms with van der Waals surface area (Å²) in [6, 6.07) is 0. The lowest BCUT2D eigenvalue weighted by Crippen LogP contribution is -2.06. The van der Waals surface area contributed by atoms with Crippen molar-refractivity contribution in [3.05, 3.63) is 12.2 Å². The molecule has 80 valence electrons. The molecule has 0 saturated carbocycles. The van der Waals surface area contributed by atoms with Crippen molar-refractivity contribution in [2.75, 3.05) is 0 Å². The Labute approximate surface area is 85.4 Å². The van der Waals surface area contributed by atoms with Gasteiger partial charge in [-0.3, -0.25) is 0 Å². The van der Waals surface area contributed by atoms with Crippen molar-refractivity contribution >= 4 is 0 Å². The van der Waals surface area contributed by atoms with Crippen LogP contribution in [0, 0.1) is 11.8 Å². The van der Waals surface area contributed by atoms with Gasteiger partial charge < -0.3 is 0 Å². The van der Waals surface area contributed by atoms with Gasteiger partial charge in [0.1, 0.15) is 0 Å². The molecule has 0 aromatic heterocycles. The molecule has 0 radical (unpaired) electrons. The van der Waals surface area contributed by atoms with Gasteiger partial charge in [-0.05, 0) is 25.2 Å². The van der Waals surface area contributed by atoms with Gasteiger partial charge in [-0.1, -0.05) is 59.6 Å². The predicted molar refractivity (Wildman–Crippen MR) is 64.0 cm³/mol. The molecule has 0 N–H and O–H groups in total. The van der Waals surface area contributed by atoms with Gasteiger partial charge in [0.2, 0.25) is 0 Å². The van der Waals surface area contributed by atoms with Gasteiger partial charge in [0.05, 0.1) is 0 Å². The molecule has 0 amide bonds. The Balaban J connectivity index is 0. The maximum atomic E-state index is 2.33. The lowest BCUT2D eigenvalue weighted by atomic mass is 9.89. The van der Waals surface area contributed by atoms with Crippen LogP contribution in [0.2, 0.25) is 0 Å². The molecule has 0 nitrogen and oxygen atoms in total. The molecule has 0 aromatic rings. The maximum absolute atomic E-state index is 2.33. The van der Waals surface area contributed by atoms with Crippen LogP contribution in [0.1, 0.15) is 60.8 Å². The van der Waals surface area contributed by atoms with Gasteiger partial charge in [-0.2, -0.15) is 0 Å². The second-order valence-corrected chi connectivity index (χ2v) is 3.69. The molecular weight excluding hydrogens is 156 g/mol. The van der Waals surface area contributed by atoms with E-state index in [1.54, 1.807) is 0 Å². The van der Waals surface area contributed by atoms with E-state index in [0.717, 1.165) is 11.8 Å². The fourth-order valence-electron chi connectivity index (χ4n) is 1.28. The van der Waals surface area contributed by atoms with Crippen molar-refractivity contribution in [1.29, 1.82) is 0 Å². The zero-order chi connectivity index (χ0) is 10.7. The van der Waals surface area contributed by atoms with Crippen LogP contribution >= 0.6 is 0 Å². The molecule has 2 unspecified atom stereocenters. The highest BCUT2D eigenvalue weighted by Gasteiger charge is 2.08. The Hall–Kier alpha value is -0.260. The second-order valence-electron chi connectivity index (χ2n) is 3.69. The fourth-order valence-corrected chi connectivity index (χ4v) is 1.28.